The fraction of sp³-hybridized carbons (Fsp3) is 0.190. The molecule has 9 heteroatoms. The van der Waals surface area contributed by atoms with Gasteiger partial charge in [0.1, 0.15) is 5.75 Å². The number of benzene rings is 2. The van der Waals surface area contributed by atoms with Crippen molar-refractivity contribution in [2.75, 3.05) is 14.1 Å². The quantitative estimate of drug-likeness (QED) is 0.439. The minimum Gasteiger partial charge on any atom is -0.508 e. The molecular weight excluding hydrogens is 384 g/mol. The van der Waals surface area contributed by atoms with Crippen LogP contribution in [0.4, 0.5) is 4.79 Å². The van der Waals surface area contributed by atoms with Gasteiger partial charge in [0.25, 0.3) is 5.91 Å². The third-order valence-electron chi connectivity index (χ3n) is 5.00. The molecule has 3 amide bonds. The number of likely N-dealkylation sites (N-methyl/N-ethyl adjacent to an activating group) is 2. The van der Waals surface area contributed by atoms with Gasteiger partial charge in [-0.3, -0.25) is 9.69 Å². The van der Waals surface area contributed by atoms with Crippen molar-refractivity contribution < 1.29 is 14.7 Å². The Bertz CT molecular complexity index is 1070. The van der Waals surface area contributed by atoms with Crippen LogP contribution >= 0.6 is 0 Å². The van der Waals surface area contributed by atoms with E-state index in [0.29, 0.717) is 18.3 Å². The predicted octanol–water partition coefficient (Wildman–Crippen LogP) is 0.546. The van der Waals surface area contributed by atoms with Crippen molar-refractivity contribution in [1.29, 1.82) is 0 Å². The van der Waals surface area contributed by atoms with Gasteiger partial charge < -0.3 is 5.11 Å². The lowest BCUT2D eigenvalue weighted by Crippen LogP contribution is -2.63. The normalized spacial score (nSPS) is 18.6. The highest BCUT2D eigenvalue weighted by atomic mass is 16.3. The Morgan fingerprint density at radius 3 is 2.47 bits per heavy atom. The second-order valence-corrected chi connectivity index (χ2v) is 7.01. The van der Waals surface area contributed by atoms with Gasteiger partial charge in [-0.2, -0.15) is 5.43 Å². The third-order valence-corrected chi connectivity index (χ3v) is 5.00. The Labute approximate surface area is 173 Å². The van der Waals surface area contributed by atoms with Gasteiger partial charge in [0, 0.05) is 7.05 Å². The summed E-state index contributed by atoms with van der Waals surface area (Å²) in [6, 6.07) is 15.1. The molecule has 0 saturated carbocycles. The molecule has 4 rings (SSSR count). The first kappa shape index (κ1) is 19.2. The molecule has 0 aliphatic carbocycles. The molecule has 2 aromatic rings. The van der Waals surface area contributed by atoms with Crippen LogP contribution < -0.4 is 10.1 Å². The number of amidine groups is 1. The van der Waals surface area contributed by atoms with Crippen LogP contribution in [0.1, 0.15) is 11.1 Å². The maximum absolute atomic E-state index is 12.9. The number of fused-ring (bicyclic) bond motifs is 1. The molecule has 1 saturated heterocycles. The number of rotatable bonds is 4. The van der Waals surface area contributed by atoms with Crippen LogP contribution in [0.3, 0.4) is 0 Å². The van der Waals surface area contributed by atoms with Gasteiger partial charge in [-0.15, -0.1) is 5.10 Å². The molecule has 1 atom stereocenters. The van der Waals surface area contributed by atoms with Crippen LogP contribution in [0.15, 0.2) is 59.7 Å². The lowest BCUT2D eigenvalue weighted by atomic mass is 10.1. The van der Waals surface area contributed by atoms with Crippen LogP contribution in [0.5, 0.6) is 5.75 Å². The van der Waals surface area contributed by atoms with E-state index in [2.05, 4.69) is 15.2 Å². The Hall–Kier alpha value is -4.10. The van der Waals surface area contributed by atoms with Gasteiger partial charge in [0.15, 0.2) is 0 Å². The van der Waals surface area contributed by atoms with Gasteiger partial charge in [-0.1, -0.05) is 30.3 Å². The first-order valence-electron chi connectivity index (χ1n) is 9.35. The summed E-state index contributed by atoms with van der Waals surface area (Å²) >= 11 is 0. The zero-order chi connectivity index (χ0) is 21.3. The molecule has 0 bridgehead atoms. The van der Waals surface area contributed by atoms with E-state index in [0.717, 1.165) is 16.0 Å². The predicted molar refractivity (Wildman–Crippen MR) is 113 cm³/mol. The number of hydrazone groups is 1. The van der Waals surface area contributed by atoms with E-state index in [-0.39, 0.29) is 11.7 Å². The monoisotopic (exact) mass is 405 g/mol. The largest absolute Gasteiger partial charge is 0.508 e. The number of hydrogen-bond acceptors (Lipinski definition) is 6. The third kappa shape index (κ3) is 3.49. The van der Waals surface area contributed by atoms with Gasteiger partial charge >= 0.3 is 17.8 Å². The van der Waals surface area contributed by atoms with E-state index in [4.69, 9.17) is 0 Å². The fourth-order valence-corrected chi connectivity index (χ4v) is 3.36. The Morgan fingerprint density at radius 2 is 1.77 bits per heavy atom. The number of urea groups is 1. The van der Waals surface area contributed by atoms with Crippen molar-refractivity contribution in [3.8, 4) is 5.75 Å². The molecule has 1 fully saturated rings. The van der Waals surface area contributed by atoms with E-state index >= 15 is 0 Å². The average Bonchev–Trinajstić information content (AvgIpc) is 3.11. The Morgan fingerprint density at radius 1 is 1.07 bits per heavy atom. The lowest BCUT2D eigenvalue weighted by Gasteiger charge is -2.31. The number of guanidine groups is 1. The molecule has 0 aromatic heterocycles. The van der Waals surface area contributed by atoms with Crippen molar-refractivity contribution in [1.82, 2.24) is 24.8 Å². The second kappa shape index (κ2) is 7.73. The number of aromatic hydroxyl groups is 1. The number of carbonyl (C=O) groups excluding carboxylic acids is 2. The molecule has 2 aliphatic heterocycles. The van der Waals surface area contributed by atoms with Crippen LogP contribution in [-0.4, -0.2) is 69.9 Å². The molecular formula is C21H21N6O3+. The maximum Gasteiger partial charge on any atom is 0.421 e. The smallest absolute Gasteiger partial charge is 0.421 e. The minimum atomic E-state index is -0.718. The van der Waals surface area contributed by atoms with Crippen molar-refractivity contribution in [2.45, 2.75) is 12.6 Å². The summed E-state index contributed by atoms with van der Waals surface area (Å²) < 4.78 is 4.50. The molecule has 30 heavy (non-hydrogen) atoms. The van der Waals surface area contributed by atoms with Crippen LogP contribution in [0, 0.1) is 0 Å². The number of nitrogens with one attached hydrogen (secondary N) is 1. The van der Waals surface area contributed by atoms with E-state index < -0.39 is 12.1 Å². The van der Waals surface area contributed by atoms with Crippen molar-refractivity contribution >= 4 is 29.9 Å². The molecule has 2 heterocycles. The lowest BCUT2D eigenvalue weighted by molar-refractivity contribution is -0.130. The topological polar surface area (TPSA) is 103 Å². The summed E-state index contributed by atoms with van der Waals surface area (Å²) in [5.74, 6) is 0.566. The highest BCUT2D eigenvalue weighted by molar-refractivity contribution is 6.23. The van der Waals surface area contributed by atoms with Crippen LogP contribution in [-0.2, 0) is 11.3 Å². The zero-order valence-electron chi connectivity index (χ0n) is 16.6. The molecule has 2 aliphatic rings. The molecule has 0 spiro atoms. The summed E-state index contributed by atoms with van der Waals surface area (Å²) in [7, 11) is 3.06. The minimum absolute atomic E-state index is 0.171. The molecule has 9 nitrogen and oxygen atoms in total. The maximum atomic E-state index is 12.9. The first-order valence-corrected chi connectivity index (χ1v) is 9.35. The van der Waals surface area contributed by atoms with Crippen molar-refractivity contribution in [2.24, 2.45) is 5.10 Å². The Kier molecular flexibility index (Phi) is 4.95. The average molecular weight is 405 g/mol. The highest BCUT2D eigenvalue weighted by Gasteiger charge is 2.54. The molecule has 152 valence electrons. The molecule has 0 radical (unpaired) electrons. The molecule has 1 unspecified atom stereocenters. The first-order chi connectivity index (χ1) is 14.5. The van der Waals surface area contributed by atoms with E-state index in [9.17, 15) is 14.7 Å². The second-order valence-electron chi connectivity index (χ2n) is 7.01. The Balaban J connectivity index is 1.63. The number of nitrogens with zero attached hydrogens (tertiary/aromatic N) is 5. The number of hydrogen-bond donors (Lipinski definition) is 2. The van der Waals surface area contributed by atoms with Gasteiger partial charge in [0.05, 0.1) is 19.8 Å². The summed E-state index contributed by atoms with van der Waals surface area (Å²) in [5, 5.41) is 13.6. The van der Waals surface area contributed by atoms with Gasteiger partial charge in [-0.05, 0) is 35.4 Å². The van der Waals surface area contributed by atoms with Crippen molar-refractivity contribution in [3.05, 3.63) is 65.7 Å². The number of imide groups is 1. The van der Waals surface area contributed by atoms with Gasteiger partial charge in [-0.25, -0.2) is 19.3 Å². The SMILES string of the molecule is CN1C(=O)C2C(=[N+]=C(N/N=C/c3ccc(O)cc3)N2Cc2ccccc2)N(C)C1=O. The van der Waals surface area contributed by atoms with Crippen molar-refractivity contribution in [3.63, 3.8) is 0 Å². The number of amides is 3. The van der Waals surface area contributed by atoms with Gasteiger partial charge in [0.2, 0.25) is 6.04 Å². The number of phenolic OH excluding ortho intramolecular Hbond substituents is 1. The van der Waals surface area contributed by atoms with Crippen LogP contribution in [0.2, 0.25) is 0 Å². The van der Waals surface area contributed by atoms with E-state index in [1.54, 1.807) is 42.4 Å². The highest BCUT2D eigenvalue weighted by Crippen LogP contribution is 2.20. The summed E-state index contributed by atoms with van der Waals surface area (Å²) in [5.41, 5.74) is 4.67. The summed E-state index contributed by atoms with van der Waals surface area (Å²) in [6.07, 6.45) is 1.58. The molecule has 2 N–H and O–H groups in total. The number of phenols is 1. The molecule has 2 aromatic carbocycles. The van der Waals surface area contributed by atoms with E-state index in [1.165, 1.54) is 11.9 Å². The zero-order valence-corrected chi connectivity index (χ0v) is 16.6. The van der Waals surface area contributed by atoms with E-state index in [1.807, 2.05) is 30.3 Å². The summed E-state index contributed by atoms with van der Waals surface area (Å²) in [4.78, 5) is 29.5. The summed E-state index contributed by atoms with van der Waals surface area (Å²) in [6.45, 7) is 0.414. The number of carbonyl (C=O) groups is 2. The van der Waals surface area contributed by atoms with Crippen LogP contribution in [0.25, 0.3) is 0 Å². The fourth-order valence-electron chi connectivity index (χ4n) is 3.36. The standard InChI is InChI=1S/C21H20N6O3/c1-25-18-17(19(29)26(2)21(25)30)27(13-15-6-4-3-5-7-15)20(23-18)24-22-12-14-8-10-16(28)11-9-14/h3-12,17H,13H2,1-2H3,(H,22,28)/p+1.